The zero-order valence-electron chi connectivity index (χ0n) is 11.2. The van der Waals surface area contributed by atoms with Gasteiger partial charge in [-0.3, -0.25) is 4.79 Å². The standard InChI is InChI=1S/C13H21N3OS/c1-8-5-4-6-13(14,7-8)11(17)16-12-15-9(2)10(3)18-12/h8H,4-7,14H2,1-3H3,(H,15,16,17). The Hall–Kier alpha value is -0.940. The summed E-state index contributed by atoms with van der Waals surface area (Å²) in [5.74, 6) is 0.442. The summed E-state index contributed by atoms with van der Waals surface area (Å²) in [4.78, 5) is 17.7. The number of aryl methyl sites for hydroxylation is 2. The topological polar surface area (TPSA) is 68.0 Å². The van der Waals surface area contributed by atoms with Crippen LogP contribution in [0.1, 0.15) is 43.2 Å². The lowest BCUT2D eigenvalue weighted by atomic mass is 9.76. The number of hydrogen-bond acceptors (Lipinski definition) is 4. The van der Waals surface area contributed by atoms with Crippen LogP contribution in [0.5, 0.6) is 0 Å². The molecule has 100 valence electrons. The van der Waals surface area contributed by atoms with Crippen LogP contribution in [0, 0.1) is 19.8 Å². The molecule has 2 atom stereocenters. The first-order valence-electron chi connectivity index (χ1n) is 6.45. The lowest BCUT2D eigenvalue weighted by molar-refractivity contribution is -0.122. The van der Waals surface area contributed by atoms with Crippen LogP contribution < -0.4 is 11.1 Å². The van der Waals surface area contributed by atoms with Gasteiger partial charge in [0.1, 0.15) is 0 Å². The van der Waals surface area contributed by atoms with Crippen molar-refractivity contribution in [3.63, 3.8) is 0 Å². The van der Waals surface area contributed by atoms with E-state index in [1.165, 1.54) is 17.8 Å². The summed E-state index contributed by atoms with van der Waals surface area (Å²) in [5, 5.41) is 3.54. The van der Waals surface area contributed by atoms with Gasteiger partial charge in [0.05, 0.1) is 11.2 Å². The van der Waals surface area contributed by atoms with E-state index < -0.39 is 5.54 Å². The van der Waals surface area contributed by atoms with Crippen LogP contribution in [0.2, 0.25) is 0 Å². The van der Waals surface area contributed by atoms with Crippen molar-refractivity contribution >= 4 is 22.4 Å². The monoisotopic (exact) mass is 267 g/mol. The molecule has 1 saturated carbocycles. The van der Waals surface area contributed by atoms with E-state index in [4.69, 9.17) is 5.73 Å². The first-order chi connectivity index (χ1) is 8.40. The third kappa shape index (κ3) is 2.72. The van der Waals surface area contributed by atoms with Crippen LogP contribution in [0.3, 0.4) is 0 Å². The molecular formula is C13H21N3OS. The third-order valence-electron chi connectivity index (χ3n) is 3.73. The zero-order chi connectivity index (χ0) is 13.3. The zero-order valence-corrected chi connectivity index (χ0v) is 12.1. The molecule has 5 heteroatoms. The van der Waals surface area contributed by atoms with Crippen LogP contribution in [-0.4, -0.2) is 16.4 Å². The average Bonchev–Trinajstić information content (AvgIpc) is 2.57. The van der Waals surface area contributed by atoms with Gasteiger partial charge in [0.25, 0.3) is 0 Å². The minimum Gasteiger partial charge on any atom is -0.317 e. The summed E-state index contributed by atoms with van der Waals surface area (Å²) in [6.45, 7) is 6.11. The second kappa shape index (κ2) is 4.97. The maximum absolute atomic E-state index is 12.3. The maximum atomic E-state index is 12.3. The molecule has 2 rings (SSSR count). The van der Waals surface area contributed by atoms with Gasteiger partial charge in [-0.05, 0) is 32.6 Å². The van der Waals surface area contributed by atoms with Crippen molar-refractivity contribution in [1.29, 1.82) is 0 Å². The fourth-order valence-corrected chi connectivity index (χ4v) is 3.36. The van der Waals surface area contributed by atoms with E-state index in [1.807, 2.05) is 13.8 Å². The predicted octanol–water partition coefficient (Wildman–Crippen LogP) is 2.61. The second-order valence-electron chi connectivity index (χ2n) is 5.47. The summed E-state index contributed by atoms with van der Waals surface area (Å²) in [7, 11) is 0. The minimum atomic E-state index is -0.717. The molecule has 0 bridgehead atoms. The fourth-order valence-electron chi connectivity index (χ4n) is 2.55. The van der Waals surface area contributed by atoms with Crippen molar-refractivity contribution in [3.8, 4) is 0 Å². The quantitative estimate of drug-likeness (QED) is 0.865. The van der Waals surface area contributed by atoms with Gasteiger partial charge in [0.2, 0.25) is 5.91 Å². The third-order valence-corrected chi connectivity index (χ3v) is 4.72. The molecule has 0 aliphatic heterocycles. The highest BCUT2D eigenvalue weighted by Crippen LogP contribution is 2.32. The highest BCUT2D eigenvalue weighted by atomic mass is 32.1. The molecule has 0 saturated heterocycles. The van der Waals surface area contributed by atoms with Crippen molar-refractivity contribution in [1.82, 2.24) is 4.98 Å². The van der Waals surface area contributed by atoms with Crippen molar-refractivity contribution in [2.24, 2.45) is 11.7 Å². The predicted molar refractivity (Wildman–Crippen MR) is 74.8 cm³/mol. The minimum absolute atomic E-state index is 0.0807. The van der Waals surface area contributed by atoms with Crippen molar-refractivity contribution in [2.45, 2.75) is 52.0 Å². The summed E-state index contributed by atoms with van der Waals surface area (Å²) in [6.07, 6.45) is 3.73. The lowest BCUT2D eigenvalue weighted by Crippen LogP contribution is -2.53. The van der Waals surface area contributed by atoms with Gasteiger partial charge in [-0.25, -0.2) is 4.98 Å². The van der Waals surface area contributed by atoms with E-state index >= 15 is 0 Å². The molecule has 18 heavy (non-hydrogen) atoms. The van der Waals surface area contributed by atoms with Crippen LogP contribution in [0.4, 0.5) is 5.13 Å². The van der Waals surface area contributed by atoms with Crippen molar-refractivity contribution in [3.05, 3.63) is 10.6 Å². The first kappa shape index (κ1) is 13.5. The number of anilines is 1. The van der Waals surface area contributed by atoms with Crippen molar-refractivity contribution < 1.29 is 4.79 Å². The Labute approximate surface area is 112 Å². The van der Waals surface area contributed by atoms with E-state index in [0.717, 1.165) is 29.8 Å². The second-order valence-corrected chi connectivity index (χ2v) is 6.68. The Bertz CT molecular complexity index is 438. The van der Waals surface area contributed by atoms with Gasteiger partial charge >= 0.3 is 0 Å². The molecule has 1 aromatic rings. The normalized spacial score (nSPS) is 28.1. The van der Waals surface area contributed by atoms with Gasteiger partial charge in [0.15, 0.2) is 5.13 Å². The molecule has 1 aliphatic rings. The number of carbonyl (C=O) groups is 1. The number of amides is 1. The molecule has 1 fully saturated rings. The van der Waals surface area contributed by atoms with Crippen molar-refractivity contribution in [2.75, 3.05) is 5.32 Å². The molecule has 2 unspecified atom stereocenters. The van der Waals surface area contributed by atoms with E-state index in [-0.39, 0.29) is 5.91 Å². The summed E-state index contributed by atoms with van der Waals surface area (Å²) in [5.41, 5.74) is 6.50. The molecule has 1 heterocycles. The number of nitrogens with zero attached hydrogens (tertiary/aromatic N) is 1. The molecule has 1 aliphatic carbocycles. The highest BCUT2D eigenvalue weighted by molar-refractivity contribution is 7.15. The first-order valence-corrected chi connectivity index (χ1v) is 7.27. The number of hydrogen-bond donors (Lipinski definition) is 2. The van der Waals surface area contributed by atoms with Crippen LogP contribution in [-0.2, 0) is 4.79 Å². The van der Waals surface area contributed by atoms with E-state index in [9.17, 15) is 4.79 Å². The Kier molecular flexibility index (Phi) is 3.73. The number of carbonyl (C=O) groups excluding carboxylic acids is 1. The molecule has 1 aromatic heterocycles. The summed E-state index contributed by atoms with van der Waals surface area (Å²) < 4.78 is 0. The number of thiazole rings is 1. The Morgan fingerprint density at radius 2 is 2.28 bits per heavy atom. The van der Waals surface area contributed by atoms with Gasteiger partial charge in [-0.2, -0.15) is 0 Å². The highest BCUT2D eigenvalue weighted by Gasteiger charge is 2.38. The van der Waals surface area contributed by atoms with Crippen LogP contribution in [0.15, 0.2) is 0 Å². The molecule has 1 amide bonds. The molecule has 3 N–H and O–H groups in total. The average molecular weight is 267 g/mol. The molecule has 0 spiro atoms. The lowest BCUT2D eigenvalue weighted by Gasteiger charge is -2.34. The van der Waals surface area contributed by atoms with Gasteiger partial charge < -0.3 is 11.1 Å². The smallest absolute Gasteiger partial charge is 0.246 e. The Morgan fingerprint density at radius 3 is 2.83 bits per heavy atom. The number of rotatable bonds is 2. The van der Waals surface area contributed by atoms with Gasteiger partial charge in [-0.1, -0.05) is 19.8 Å². The number of aromatic nitrogens is 1. The summed E-state index contributed by atoms with van der Waals surface area (Å²) >= 11 is 1.51. The van der Waals surface area contributed by atoms with Crippen LogP contribution >= 0.6 is 11.3 Å². The SMILES string of the molecule is Cc1nc(NC(=O)C2(N)CCCC(C)C2)sc1C. The molecule has 0 radical (unpaired) electrons. The Morgan fingerprint density at radius 1 is 1.56 bits per heavy atom. The Balaban J connectivity index is 2.07. The fraction of sp³-hybridized carbons (Fsp3) is 0.692. The van der Waals surface area contributed by atoms with E-state index in [0.29, 0.717) is 11.0 Å². The van der Waals surface area contributed by atoms with Gasteiger partial charge in [-0.15, -0.1) is 11.3 Å². The molecule has 4 nitrogen and oxygen atoms in total. The number of nitrogens with two attached hydrogens (primary N) is 1. The molecule has 0 aromatic carbocycles. The maximum Gasteiger partial charge on any atom is 0.246 e. The number of nitrogens with one attached hydrogen (secondary N) is 1. The van der Waals surface area contributed by atoms with Crippen LogP contribution in [0.25, 0.3) is 0 Å². The van der Waals surface area contributed by atoms with E-state index in [2.05, 4.69) is 17.2 Å². The largest absolute Gasteiger partial charge is 0.317 e. The van der Waals surface area contributed by atoms with E-state index in [1.54, 1.807) is 0 Å². The summed E-state index contributed by atoms with van der Waals surface area (Å²) in [6, 6.07) is 0. The van der Waals surface area contributed by atoms with Gasteiger partial charge in [0, 0.05) is 4.88 Å². The molecular weight excluding hydrogens is 246 g/mol.